The Kier molecular flexibility index (Phi) is 4.86. The lowest BCUT2D eigenvalue weighted by atomic mass is 9.45. The molecule has 9 aromatic rings. The van der Waals surface area contributed by atoms with Gasteiger partial charge in [-0.05, 0) is 64.9 Å². The number of hydrogen-bond acceptors (Lipinski definition) is 1. The number of fused-ring (bicyclic) bond motifs is 10. The van der Waals surface area contributed by atoms with Crippen molar-refractivity contribution in [2.24, 2.45) is 0 Å². The van der Waals surface area contributed by atoms with E-state index in [1.807, 2.05) is 0 Å². The summed E-state index contributed by atoms with van der Waals surface area (Å²) in [6.45, 7) is 2.25. The Hall–Kier alpha value is -6.00. The number of nitrogens with zero attached hydrogens (tertiary/aromatic N) is 2. The summed E-state index contributed by atoms with van der Waals surface area (Å²) < 4.78 is 5.16. The number of para-hydroxylation sites is 5. The van der Waals surface area contributed by atoms with E-state index in [2.05, 4.69) is 167 Å². The number of nitrogens with one attached hydrogen (secondary N) is 1. The number of hydrogen-bond donors (Lipinski definition) is 1. The lowest BCUT2D eigenvalue weighted by Crippen LogP contribution is -2.55. The van der Waals surface area contributed by atoms with Crippen molar-refractivity contribution < 1.29 is 0 Å². The molecule has 3 nitrogen and oxygen atoms in total. The number of aromatic nitrogens is 2. The molecule has 2 aliphatic heterocycles. The Morgan fingerprint density at radius 3 is 2.00 bits per heavy atom. The van der Waals surface area contributed by atoms with Crippen LogP contribution in [0.25, 0.3) is 71.6 Å². The maximum absolute atomic E-state index is 3.92. The fraction of sp³-hybridized carbons (Fsp3) is 0.0233. The third kappa shape index (κ3) is 3.22. The van der Waals surface area contributed by atoms with Gasteiger partial charge in [-0.25, -0.2) is 0 Å². The van der Waals surface area contributed by atoms with Crippen molar-refractivity contribution in [3.05, 3.63) is 151 Å². The van der Waals surface area contributed by atoms with E-state index in [0.29, 0.717) is 0 Å². The van der Waals surface area contributed by atoms with Gasteiger partial charge in [-0.1, -0.05) is 115 Å². The fourth-order valence-electron chi connectivity index (χ4n) is 8.74. The molecule has 0 atom stereocenters. The third-order valence-electron chi connectivity index (χ3n) is 10.6. The lowest BCUT2D eigenvalue weighted by molar-refractivity contribution is 1.17. The second kappa shape index (κ2) is 9.05. The van der Waals surface area contributed by atoms with Gasteiger partial charge in [0.1, 0.15) is 0 Å². The van der Waals surface area contributed by atoms with Crippen LogP contribution in [0.4, 0.5) is 11.4 Å². The number of benzene rings is 7. The quantitative estimate of drug-likeness (QED) is 0.201. The highest BCUT2D eigenvalue weighted by molar-refractivity contribution is 6.90. The molecule has 2 aromatic heterocycles. The molecule has 4 heteroatoms. The molecule has 1 N–H and O–H groups in total. The molecular weight excluding hydrogens is 569 g/mol. The monoisotopic (exact) mass is 597 g/mol. The molecule has 7 aromatic carbocycles. The van der Waals surface area contributed by atoms with Crippen LogP contribution < -0.4 is 16.2 Å². The number of rotatable bonds is 3. The van der Waals surface area contributed by atoms with Crippen molar-refractivity contribution in [3.63, 3.8) is 0 Å². The van der Waals surface area contributed by atoms with E-state index >= 15 is 0 Å². The molecule has 0 unspecified atom stereocenters. The molecule has 47 heavy (non-hydrogen) atoms. The van der Waals surface area contributed by atoms with Crippen LogP contribution in [0.1, 0.15) is 5.56 Å². The molecule has 0 spiro atoms. The van der Waals surface area contributed by atoms with E-state index in [1.54, 1.807) is 0 Å². The van der Waals surface area contributed by atoms with Gasteiger partial charge in [0.05, 0.1) is 11.0 Å². The van der Waals surface area contributed by atoms with E-state index in [0.717, 1.165) is 11.4 Å². The largest absolute Gasteiger partial charge is 0.375 e. The van der Waals surface area contributed by atoms with Crippen LogP contribution in [0.3, 0.4) is 0 Å². The summed E-state index contributed by atoms with van der Waals surface area (Å²) in [5.74, 6) is 0. The van der Waals surface area contributed by atoms with Gasteiger partial charge in [0, 0.05) is 60.8 Å². The Bertz CT molecular complexity index is 2800. The molecule has 2 aliphatic rings. The minimum Gasteiger partial charge on any atom is -0.375 e. The average Bonchev–Trinajstić information content (AvgIpc) is 3.64. The molecular formula is C43H28BN3. The van der Waals surface area contributed by atoms with Crippen molar-refractivity contribution >= 4 is 72.8 Å². The molecule has 0 fully saturated rings. The van der Waals surface area contributed by atoms with Crippen molar-refractivity contribution in [2.75, 3.05) is 5.32 Å². The second-order valence-corrected chi connectivity index (χ2v) is 13.0. The first-order chi connectivity index (χ1) is 23.3. The van der Waals surface area contributed by atoms with Crippen LogP contribution in [0.15, 0.2) is 146 Å². The fourth-order valence-corrected chi connectivity index (χ4v) is 8.74. The van der Waals surface area contributed by atoms with E-state index in [1.165, 1.54) is 88.0 Å². The molecule has 0 radical (unpaired) electrons. The van der Waals surface area contributed by atoms with E-state index < -0.39 is 0 Å². The van der Waals surface area contributed by atoms with Gasteiger partial charge in [-0.15, -0.1) is 0 Å². The zero-order valence-corrected chi connectivity index (χ0v) is 25.8. The van der Waals surface area contributed by atoms with Gasteiger partial charge in [0.15, 0.2) is 0 Å². The Morgan fingerprint density at radius 2 is 1.15 bits per heavy atom. The average molecular weight is 598 g/mol. The van der Waals surface area contributed by atoms with Crippen LogP contribution >= 0.6 is 0 Å². The third-order valence-corrected chi connectivity index (χ3v) is 10.6. The summed E-state index contributed by atoms with van der Waals surface area (Å²) in [7, 11) is 0. The summed E-state index contributed by atoms with van der Waals surface area (Å²) in [5, 5.41) is 9.14. The number of anilines is 2. The van der Waals surface area contributed by atoms with Crippen molar-refractivity contribution in [2.45, 2.75) is 6.92 Å². The maximum atomic E-state index is 3.92. The van der Waals surface area contributed by atoms with Crippen molar-refractivity contribution in [1.29, 1.82) is 0 Å². The summed E-state index contributed by atoms with van der Waals surface area (Å²) in [6.07, 6.45) is 0. The van der Waals surface area contributed by atoms with Crippen molar-refractivity contribution in [1.82, 2.24) is 9.05 Å². The zero-order chi connectivity index (χ0) is 30.8. The van der Waals surface area contributed by atoms with Gasteiger partial charge in [-0.3, -0.25) is 0 Å². The first-order valence-electron chi connectivity index (χ1n) is 16.4. The molecule has 0 saturated carbocycles. The summed E-state index contributed by atoms with van der Waals surface area (Å²) in [6, 6.07) is 53.7. The summed E-state index contributed by atoms with van der Waals surface area (Å²) in [5.41, 5.74) is 17.6. The van der Waals surface area contributed by atoms with Crippen molar-refractivity contribution in [3.8, 4) is 27.9 Å². The zero-order valence-electron chi connectivity index (χ0n) is 25.8. The Morgan fingerprint density at radius 1 is 0.511 bits per heavy atom. The Balaban J connectivity index is 1.27. The second-order valence-electron chi connectivity index (χ2n) is 13.0. The van der Waals surface area contributed by atoms with E-state index in [4.69, 9.17) is 0 Å². The molecule has 0 saturated heterocycles. The van der Waals surface area contributed by atoms with E-state index in [-0.39, 0.29) is 6.85 Å². The molecule has 0 bridgehead atoms. The van der Waals surface area contributed by atoms with Gasteiger partial charge in [-0.2, -0.15) is 0 Å². The molecule has 11 rings (SSSR count). The van der Waals surface area contributed by atoms with Crippen LogP contribution in [-0.2, 0) is 0 Å². The smallest absolute Gasteiger partial charge is 0.333 e. The van der Waals surface area contributed by atoms with E-state index in [9.17, 15) is 0 Å². The topological polar surface area (TPSA) is 21.9 Å². The first kappa shape index (κ1) is 25.2. The SMILES string of the molecule is Cc1ccccc1-c1ccccc1Nc1cc2c3c(c1)-n1c4ccccc4c4cccc(c41)B3n1c3ccccc3c3cccc-2c31. The predicted molar refractivity (Wildman–Crippen MR) is 200 cm³/mol. The van der Waals surface area contributed by atoms with Crippen LogP contribution in [0, 0.1) is 6.92 Å². The predicted octanol–water partition coefficient (Wildman–Crippen LogP) is 9.56. The normalized spacial score (nSPS) is 12.7. The van der Waals surface area contributed by atoms with Gasteiger partial charge in [0.2, 0.25) is 0 Å². The Labute approximate surface area is 272 Å². The number of aryl methyl sites for hydroxylation is 1. The first-order valence-corrected chi connectivity index (χ1v) is 16.4. The molecule has 0 amide bonds. The highest BCUT2D eigenvalue weighted by Crippen LogP contribution is 2.44. The van der Waals surface area contributed by atoms with Gasteiger partial charge < -0.3 is 14.4 Å². The van der Waals surface area contributed by atoms with Gasteiger partial charge in [0.25, 0.3) is 0 Å². The highest BCUT2D eigenvalue weighted by atomic mass is 15.0. The molecule has 0 aliphatic carbocycles. The summed E-state index contributed by atoms with van der Waals surface area (Å²) >= 11 is 0. The molecule has 4 heterocycles. The highest BCUT2D eigenvalue weighted by Gasteiger charge is 2.41. The molecule has 218 valence electrons. The standard InChI is InChI=1S/C43H28BN3/c1-26-12-2-3-13-28(26)29-14-4-7-21-37(29)45-27-24-35-34-18-10-17-32-31-16-6-9-23-39(31)47(42(32)34)44-36-20-11-19-33-30-15-5-8-22-38(30)46(43(33)36)40(25-27)41(35)44/h2-25,45H,1H3. The summed E-state index contributed by atoms with van der Waals surface area (Å²) in [4.78, 5) is 0. The van der Waals surface area contributed by atoms with Crippen LogP contribution in [0.2, 0.25) is 0 Å². The van der Waals surface area contributed by atoms with Crippen LogP contribution in [0.5, 0.6) is 0 Å². The minimum atomic E-state index is 0.0612. The lowest BCUT2D eigenvalue weighted by Gasteiger charge is -2.34. The van der Waals surface area contributed by atoms with Gasteiger partial charge >= 0.3 is 6.85 Å². The van der Waals surface area contributed by atoms with Crippen LogP contribution in [-0.4, -0.2) is 15.9 Å². The minimum absolute atomic E-state index is 0.0612. The maximum Gasteiger partial charge on any atom is 0.333 e.